The zero-order chi connectivity index (χ0) is 22.2. The largest absolute Gasteiger partial charge is 0.473 e. The third-order valence-electron chi connectivity index (χ3n) is 6.70. The van der Waals surface area contributed by atoms with Gasteiger partial charge in [0.15, 0.2) is 6.73 Å². The highest BCUT2D eigenvalue weighted by atomic mass is 19.4. The van der Waals surface area contributed by atoms with Gasteiger partial charge in [0.25, 0.3) is 0 Å². The van der Waals surface area contributed by atoms with Crippen LogP contribution in [0.25, 0.3) is 0 Å². The molecule has 0 bridgehead atoms. The molecule has 3 aliphatic rings. The predicted octanol–water partition coefficient (Wildman–Crippen LogP) is 3.28. The van der Waals surface area contributed by atoms with E-state index in [1.807, 2.05) is 0 Å². The topological polar surface area (TPSA) is 67.9 Å². The van der Waals surface area contributed by atoms with E-state index in [1.165, 1.54) is 17.9 Å². The molecule has 4 rings (SSSR count). The summed E-state index contributed by atoms with van der Waals surface area (Å²) in [6, 6.07) is 3.62. The number of nitrogens with one attached hydrogen (secondary N) is 1. The molecule has 2 fully saturated rings. The lowest BCUT2D eigenvalue weighted by atomic mass is 9.80. The van der Waals surface area contributed by atoms with E-state index in [9.17, 15) is 22.8 Å². The molecular weight excluding hydrogens is 413 g/mol. The lowest BCUT2D eigenvalue weighted by Crippen LogP contribution is -2.50. The number of nitrogens with zero attached hydrogens (tertiary/aromatic N) is 1. The molecule has 170 valence electrons. The monoisotopic (exact) mass is 440 g/mol. The van der Waals surface area contributed by atoms with Crippen LogP contribution in [0.5, 0.6) is 5.75 Å². The van der Waals surface area contributed by atoms with Gasteiger partial charge in [-0.15, -0.1) is 0 Å². The zero-order valence-electron chi connectivity index (χ0n) is 17.5. The Bertz CT molecular complexity index is 854. The number of hydrogen-bond donors (Lipinski definition) is 1. The fourth-order valence-corrected chi connectivity index (χ4v) is 4.90. The number of halogens is 3. The van der Waals surface area contributed by atoms with Gasteiger partial charge in [-0.2, -0.15) is 13.2 Å². The van der Waals surface area contributed by atoms with Crippen LogP contribution in [0, 0.1) is 5.41 Å². The second kappa shape index (κ2) is 8.43. The van der Waals surface area contributed by atoms with Crippen molar-refractivity contribution >= 4 is 11.7 Å². The van der Waals surface area contributed by atoms with E-state index in [0.717, 1.165) is 25.0 Å². The van der Waals surface area contributed by atoms with Crippen molar-refractivity contribution in [1.29, 1.82) is 0 Å². The second-order valence-corrected chi connectivity index (χ2v) is 8.73. The Hall–Kier alpha value is -2.13. The molecular formula is C22H27F3N2O4. The maximum Gasteiger partial charge on any atom is 0.416 e. The van der Waals surface area contributed by atoms with E-state index in [4.69, 9.17) is 9.47 Å². The van der Waals surface area contributed by atoms with Crippen molar-refractivity contribution in [2.24, 2.45) is 5.41 Å². The van der Waals surface area contributed by atoms with Crippen molar-refractivity contribution in [2.75, 3.05) is 19.9 Å². The molecule has 2 heterocycles. The summed E-state index contributed by atoms with van der Waals surface area (Å²) in [6.45, 7) is 2.74. The van der Waals surface area contributed by atoms with Crippen molar-refractivity contribution in [3.8, 4) is 5.75 Å². The highest BCUT2D eigenvalue weighted by molar-refractivity contribution is 6.05. The van der Waals surface area contributed by atoms with Gasteiger partial charge in [0.2, 0.25) is 5.91 Å². The van der Waals surface area contributed by atoms with Crippen LogP contribution in [0.2, 0.25) is 0 Å². The molecule has 0 unspecified atom stereocenters. The first kappa shape index (κ1) is 22.1. The molecule has 0 aromatic heterocycles. The number of hydrogen-bond acceptors (Lipinski definition) is 5. The number of amides is 1. The molecule has 31 heavy (non-hydrogen) atoms. The van der Waals surface area contributed by atoms with E-state index in [-0.39, 0.29) is 31.0 Å². The Morgan fingerprint density at radius 2 is 1.90 bits per heavy atom. The molecule has 1 saturated heterocycles. The summed E-state index contributed by atoms with van der Waals surface area (Å²) in [5.41, 5.74) is -1.65. The maximum absolute atomic E-state index is 13.4. The molecule has 0 spiro atoms. The van der Waals surface area contributed by atoms with Crippen molar-refractivity contribution in [2.45, 2.75) is 63.8 Å². The van der Waals surface area contributed by atoms with Gasteiger partial charge in [-0.1, -0.05) is 0 Å². The summed E-state index contributed by atoms with van der Waals surface area (Å²) < 4.78 is 50.2. The van der Waals surface area contributed by atoms with Crippen LogP contribution in [0.4, 0.5) is 13.2 Å². The number of fused-ring (bicyclic) bond motifs is 1. The average Bonchev–Trinajstić information content (AvgIpc) is 3.17. The van der Waals surface area contributed by atoms with Crippen LogP contribution >= 0.6 is 0 Å². The molecule has 1 aliphatic carbocycles. The standard InChI is InChI=1S/C22H27F3N2O4/c1-14(28)21(7-4-18(11-21)26-17-5-8-30-9-6-17)20(29)27-12-15-10-16(22(23,24)25)2-3-19(15)31-13-27/h2-3,10,17-18,26H,4-9,11-13H2,1H3/t18-,21+/m1/s1. The summed E-state index contributed by atoms with van der Waals surface area (Å²) in [6.07, 6.45) is -1.16. The fraction of sp³-hybridized carbons (Fsp3) is 0.636. The first-order chi connectivity index (χ1) is 14.7. The number of ketones is 1. The second-order valence-electron chi connectivity index (χ2n) is 8.73. The Kier molecular flexibility index (Phi) is 6.00. The van der Waals surface area contributed by atoms with Gasteiger partial charge in [0.05, 0.1) is 12.1 Å². The van der Waals surface area contributed by atoms with Crippen LogP contribution in [0.3, 0.4) is 0 Å². The van der Waals surface area contributed by atoms with Crippen LogP contribution in [0.15, 0.2) is 18.2 Å². The number of benzene rings is 1. The highest BCUT2D eigenvalue weighted by Gasteiger charge is 2.51. The number of alkyl halides is 3. The van der Waals surface area contributed by atoms with Gasteiger partial charge >= 0.3 is 6.18 Å². The Labute approximate surface area is 179 Å². The smallest absolute Gasteiger partial charge is 0.416 e. The number of rotatable bonds is 4. The average molecular weight is 440 g/mol. The predicted molar refractivity (Wildman–Crippen MR) is 105 cm³/mol. The lowest BCUT2D eigenvalue weighted by molar-refractivity contribution is -0.152. The summed E-state index contributed by atoms with van der Waals surface area (Å²) in [4.78, 5) is 27.4. The van der Waals surface area contributed by atoms with Crippen molar-refractivity contribution in [3.05, 3.63) is 29.3 Å². The van der Waals surface area contributed by atoms with E-state index in [2.05, 4.69) is 5.32 Å². The van der Waals surface area contributed by atoms with Gasteiger partial charge < -0.3 is 19.7 Å². The molecule has 2 atom stereocenters. The normalized spacial score (nSPS) is 27.0. The van der Waals surface area contributed by atoms with Crippen LogP contribution < -0.4 is 10.1 Å². The van der Waals surface area contributed by atoms with Crippen molar-refractivity contribution < 1.29 is 32.2 Å². The van der Waals surface area contributed by atoms with E-state index >= 15 is 0 Å². The fourth-order valence-electron chi connectivity index (χ4n) is 4.90. The minimum absolute atomic E-state index is 0.00875. The van der Waals surface area contributed by atoms with Crippen molar-refractivity contribution in [3.63, 3.8) is 0 Å². The van der Waals surface area contributed by atoms with E-state index in [0.29, 0.717) is 49.8 Å². The molecule has 0 radical (unpaired) electrons. The van der Waals surface area contributed by atoms with E-state index < -0.39 is 17.2 Å². The van der Waals surface area contributed by atoms with Gasteiger partial charge in [-0.05, 0) is 57.2 Å². The van der Waals surface area contributed by atoms with Gasteiger partial charge in [-0.25, -0.2) is 0 Å². The van der Waals surface area contributed by atoms with Crippen LogP contribution in [-0.4, -0.2) is 48.6 Å². The number of ether oxygens (including phenoxy) is 2. The third kappa shape index (κ3) is 4.43. The third-order valence-corrected chi connectivity index (χ3v) is 6.70. The van der Waals surface area contributed by atoms with Crippen LogP contribution in [-0.2, 0) is 27.0 Å². The molecule has 1 aromatic rings. The van der Waals surface area contributed by atoms with Crippen LogP contribution in [0.1, 0.15) is 50.2 Å². The molecule has 1 amide bonds. The van der Waals surface area contributed by atoms with E-state index in [1.54, 1.807) is 0 Å². The summed E-state index contributed by atoms with van der Waals surface area (Å²) in [5, 5.41) is 3.57. The quantitative estimate of drug-likeness (QED) is 0.728. The summed E-state index contributed by atoms with van der Waals surface area (Å²) >= 11 is 0. The molecule has 6 nitrogen and oxygen atoms in total. The Morgan fingerprint density at radius 1 is 1.16 bits per heavy atom. The van der Waals surface area contributed by atoms with Gasteiger partial charge in [0.1, 0.15) is 16.9 Å². The molecule has 9 heteroatoms. The molecule has 1 aromatic carbocycles. The SMILES string of the molecule is CC(=O)[C@]1(C(=O)N2COc3ccc(C(F)(F)F)cc3C2)CC[C@@H](NC2CCOCC2)C1. The highest BCUT2D eigenvalue weighted by Crippen LogP contribution is 2.43. The number of carbonyl (C=O) groups is 2. The first-order valence-electron chi connectivity index (χ1n) is 10.7. The minimum atomic E-state index is -4.48. The number of carbonyl (C=O) groups excluding carboxylic acids is 2. The van der Waals surface area contributed by atoms with Gasteiger partial charge in [0, 0.05) is 30.9 Å². The van der Waals surface area contributed by atoms with Crippen molar-refractivity contribution in [1.82, 2.24) is 10.2 Å². The lowest BCUT2D eigenvalue weighted by Gasteiger charge is -2.36. The van der Waals surface area contributed by atoms with Gasteiger partial charge in [-0.3, -0.25) is 9.59 Å². The zero-order valence-corrected chi connectivity index (χ0v) is 17.5. The first-order valence-corrected chi connectivity index (χ1v) is 10.7. The summed E-state index contributed by atoms with van der Waals surface area (Å²) in [5.74, 6) is -0.234. The summed E-state index contributed by atoms with van der Waals surface area (Å²) in [7, 11) is 0. The molecule has 1 N–H and O–H groups in total. The minimum Gasteiger partial charge on any atom is -0.473 e. The molecule has 1 saturated carbocycles. The molecule has 2 aliphatic heterocycles. The number of Topliss-reactive ketones (excluding diaryl/α,β-unsaturated/α-hetero) is 1. The Balaban J connectivity index is 1.49. The Morgan fingerprint density at radius 3 is 2.58 bits per heavy atom. The maximum atomic E-state index is 13.4.